The zero-order valence-electron chi connectivity index (χ0n) is 7.47. The van der Waals surface area contributed by atoms with Crippen LogP contribution in [-0.4, -0.2) is 20.0 Å². The molecule has 0 atom stereocenters. The van der Waals surface area contributed by atoms with Gasteiger partial charge in [0.05, 0.1) is 11.9 Å². The fourth-order valence-electron chi connectivity index (χ4n) is 1.06. The molecule has 0 bridgehead atoms. The highest BCUT2D eigenvalue weighted by atomic mass is 35.5. The first kappa shape index (κ1) is 10.5. The van der Waals surface area contributed by atoms with E-state index in [1.807, 2.05) is 13.2 Å². The number of nitrogens with zero attached hydrogens (tertiary/aromatic N) is 3. The van der Waals surface area contributed by atoms with Crippen molar-refractivity contribution in [2.75, 3.05) is 0 Å². The van der Waals surface area contributed by atoms with Crippen LogP contribution in [0.1, 0.15) is 0 Å². The normalized spacial score (nSPS) is 9.50. The highest BCUT2D eigenvalue weighted by Gasteiger charge is 2.00. The lowest BCUT2D eigenvalue weighted by Crippen LogP contribution is -2.05. The minimum atomic E-state index is -0.201. The second-order valence-corrected chi connectivity index (χ2v) is 2.71. The van der Waals surface area contributed by atoms with Crippen LogP contribution in [0.15, 0.2) is 29.3 Å². The predicted molar refractivity (Wildman–Crippen MR) is 54.3 cm³/mol. The zero-order chi connectivity index (χ0) is 9.26. The average molecular weight is 213 g/mol. The summed E-state index contributed by atoms with van der Waals surface area (Å²) in [5, 5.41) is 10.2. The van der Waals surface area contributed by atoms with Gasteiger partial charge in [0.1, 0.15) is 0 Å². The van der Waals surface area contributed by atoms with Crippen LogP contribution < -0.4 is 5.56 Å². The standard InChI is InChI=1S/C8H8N4O.ClH/c1-12-5-6(4-9-12)7-2-3-8(13)11-10-7;/h2-5H,1H3,(H,11,13);1H. The maximum absolute atomic E-state index is 10.7. The largest absolute Gasteiger partial charge is 0.275 e. The summed E-state index contributed by atoms with van der Waals surface area (Å²) in [6, 6.07) is 3.10. The fourth-order valence-corrected chi connectivity index (χ4v) is 1.06. The van der Waals surface area contributed by atoms with E-state index in [2.05, 4.69) is 15.3 Å². The van der Waals surface area contributed by atoms with Gasteiger partial charge in [-0.15, -0.1) is 12.4 Å². The molecule has 0 aliphatic heterocycles. The first-order valence-electron chi connectivity index (χ1n) is 3.80. The van der Waals surface area contributed by atoms with E-state index >= 15 is 0 Å². The molecule has 0 saturated heterocycles. The summed E-state index contributed by atoms with van der Waals surface area (Å²) in [5.41, 5.74) is 1.40. The number of hydrogen-bond donors (Lipinski definition) is 1. The number of hydrogen-bond acceptors (Lipinski definition) is 3. The smallest absolute Gasteiger partial charge is 0.264 e. The molecule has 2 aromatic rings. The van der Waals surface area contributed by atoms with E-state index in [9.17, 15) is 4.79 Å². The van der Waals surface area contributed by atoms with E-state index in [-0.39, 0.29) is 18.0 Å². The number of aromatic nitrogens is 4. The maximum atomic E-state index is 10.7. The lowest BCUT2D eigenvalue weighted by Gasteiger charge is -1.91. The van der Waals surface area contributed by atoms with Crippen LogP contribution in [0.25, 0.3) is 11.3 Å². The van der Waals surface area contributed by atoms with Crippen LogP contribution in [0, 0.1) is 0 Å². The van der Waals surface area contributed by atoms with Gasteiger partial charge in [0.25, 0.3) is 5.56 Å². The van der Waals surface area contributed by atoms with Crippen molar-refractivity contribution < 1.29 is 0 Å². The number of aryl methyl sites for hydroxylation is 1. The van der Waals surface area contributed by atoms with Crippen molar-refractivity contribution in [1.29, 1.82) is 0 Å². The molecule has 0 unspecified atom stereocenters. The highest BCUT2D eigenvalue weighted by Crippen LogP contribution is 2.12. The summed E-state index contributed by atoms with van der Waals surface area (Å²) in [7, 11) is 1.83. The molecule has 2 aromatic heterocycles. The molecule has 1 N–H and O–H groups in total. The summed E-state index contributed by atoms with van der Waals surface area (Å²) >= 11 is 0. The van der Waals surface area contributed by atoms with Gasteiger partial charge in [0, 0.05) is 24.9 Å². The van der Waals surface area contributed by atoms with Crippen LogP contribution in [0.3, 0.4) is 0 Å². The maximum Gasteiger partial charge on any atom is 0.264 e. The van der Waals surface area contributed by atoms with Crippen molar-refractivity contribution in [3.05, 3.63) is 34.9 Å². The molecule has 0 aromatic carbocycles. The topological polar surface area (TPSA) is 63.6 Å². The quantitative estimate of drug-likeness (QED) is 0.753. The molecule has 0 aliphatic rings. The molecule has 14 heavy (non-hydrogen) atoms. The van der Waals surface area contributed by atoms with Crippen molar-refractivity contribution in [2.24, 2.45) is 7.05 Å². The molecule has 74 valence electrons. The van der Waals surface area contributed by atoms with Gasteiger partial charge < -0.3 is 0 Å². The Morgan fingerprint density at radius 2 is 2.21 bits per heavy atom. The van der Waals surface area contributed by atoms with Crippen LogP contribution in [0.4, 0.5) is 0 Å². The summed E-state index contributed by atoms with van der Waals surface area (Å²) in [5.74, 6) is 0. The van der Waals surface area contributed by atoms with E-state index in [1.54, 1.807) is 16.9 Å². The molecule has 6 heteroatoms. The van der Waals surface area contributed by atoms with Crippen molar-refractivity contribution in [3.63, 3.8) is 0 Å². The van der Waals surface area contributed by atoms with Gasteiger partial charge in [-0.1, -0.05) is 0 Å². The lowest BCUT2D eigenvalue weighted by atomic mass is 10.2. The van der Waals surface area contributed by atoms with Crippen molar-refractivity contribution >= 4 is 12.4 Å². The molecule has 2 rings (SSSR count). The van der Waals surface area contributed by atoms with Crippen molar-refractivity contribution in [2.45, 2.75) is 0 Å². The number of aromatic amines is 1. The van der Waals surface area contributed by atoms with E-state index in [1.165, 1.54) is 6.07 Å². The summed E-state index contributed by atoms with van der Waals surface area (Å²) in [6.45, 7) is 0. The van der Waals surface area contributed by atoms with Gasteiger partial charge in [-0.25, -0.2) is 5.10 Å². The van der Waals surface area contributed by atoms with Crippen molar-refractivity contribution in [3.8, 4) is 11.3 Å². The van der Waals surface area contributed by atoms with E-state index in [4.69, 9.17) is 0 Å². The van der Waals surface area contributed by atoms with Crippen LogP contribution >= 0.6 is 12.4 Å². The third kappa shape index (κ3) is 2.00. The second-order valence-electron chi connectivity index (χ2n) is 2.71. The molecule has 0 saturated carbocycles. The summed E-state index contributed by atoms with van der Waals surface area (Å²) < 4.78 is 1.68. The van der Waals surface area contributed by atoms with Crippen LogP contribution in [-0.2, 0) is 7.05 Å². The first-order chi connectivity index (χ1) is 6.25. The van der Waals surface area contributed by atoms with Crippen LogP contribution in [0.2, 0.25) is 0 Å². The first-order valence-corrected chi connectivity index (χ1v) is 3.80. The summed E-state index contributed by atoms with van der Waals surface area (Å²) in [4.78, 5) is 10.7. The molecule has 0 aliphatic carbocycles. The van der Waals surface area contributed by atoms with E-state index in [0.717, 1.165) is 5.56 Å². The summed E-state index contributed by atoms with van der Waals surface area (Å²) in [6.07, 6.45) is 3.53. The molecule has 0 amide bonds. The van der Waals surface area contributed by atoms with Gasteiger partial charge in [0.15, 0.2) is 0 Å². The van der Waals surface area contributed by atoms with E-state index < -0.39 is 0 Å². The van der Waals surface area contributed by atoms with Gasteiger partial charge in [-0.2, -0.15) is 10.2 Å². The van der Waals surface area contributed by atoms with Crippen molar-refractivity contribution in [1.82, 2.24) is 20.0 Å². The molecule has 5 nitrogen and oxygen atoms in total. The Hall–Kier alpha value is -1.62. The Morgan fingerprint density at radius 3 is 2.71 bits per heavy atom. The lowest BCUT2D eigenvalue weighted by molar-refractivity contribution is 0.768. The fraction of sp³-hybridized carbons (Fsp3) is 0.125. The molecular weight excluding hydrogens is 204 g/mol. The highest BCUT2D eigenvalue weighted by molar-refractivity contribution is 5.85. The Bertz CT molecular complexity index is 456. The number of rotatable bonds is 1. The predicted octanol–water partition coefficient (Wildman–Crippen LogP) is 0.592. The Labute approximate surface area is 86.2 Å². The Balaban J connectivity index is 0.000000980. The number of nitrogens with one attached hydrogen (secondary N) is 1. The van der Waals surface area contributed by atoms with Crippen LogP contribution in [0.5, 0.6) is 0 Å². The Morgan fingerprint density at radius 1 is 1.43 bits per heavy atom. The third-order valence-corrected chi connectivity index (χ3v) is 1.68. The van der Waals surface area contributed by atoms with Gasteiger partial charge in [-0.3, -0.25) is 9.48 Å². The SMILES string of the molecule is Cl.Cn1cc(-c2ccc(=O)[nH]n2)cn1. The minimum absolute atomic E-state index is 0. The second kappa shape index (κ2) is 4.06. The van der Waals surface area contributed by atoms with Gasteiger partial charge in [-0.05, 0) is 6.07 Å². The number of H-pyrrole nitrogens is 1. The average Bonchev–Trinajstić information content (AvgIpc) is 2.53. The minimum Gasteiger partial charge on any atom is -0.275 e. The zero-order valence-corrected chi connectivity index (χ0v) is 8.28. The molecule has 2 heterocycles. The molecule has 0 fully saturated rings. The molecule has 0 spiro atoms. The Kier molecular flexibility index (Phi) is 3.03. The third-order valence-electron chi connectivity index (χ3n) is 1.68. The molecule has 0 radical (unpaired) electrons. The number of halogens is 1. The van der Waals surface area contributed by atoms with Gasteiger partial charge in [0.2, 0.25) is 0 Å². The van der Waals surface area contributed by atoms with Gasteiger partial charge >= 0.3 is 0 Å². The molecular formula is C8H9ClN4O. The monoisotopic (exact) mass is 212 g/mol. The van der Waals surface area contributed by atoms with E-state index in [0.29, 0.717) is 5.69 Å².